The lowest BCUT2D eigenvalue weighted by atomic mass is 10.1. The van der Waals surface area contributed by atoms with Crippen LogP contribution in [-0.2, 0) is 0 Å². The third-order valence-electron chi connectivity index (χ3n) is 7.79. The summed E-state index contributed by atoms with van der Waals surface area (Å²) in [5.74, 6) is 0. The van der Waals surface area contributed by atoms with Gasteiger partial charge >= 0.3 is 0 Å². The topological polar surface area (TPSA) is 69.4 Å². The molecular formula is C35H20N6S. The Morgan fingerprint density at radius 2 is 1.17 bits per heavy atom. The second-order valence-electron chi connectivity index (χ2n) is 10.2. The van der Waals surface area contributed by atoms with Crippen molar-refractivity contribution >= 4 is 64.3 Å². The molecule has 9 aromatic rings. The standard InChI is InChI=1S/C35H20N6S/c1-2-10-33-22(7-1)24-12-11-23-25-19-28-29(39-16-15-38-28)20-32(25)41(34(23)35(24)42-33)21-17-30(26-8-3-5-13-36-26)40-31(18-21)27-9-4-6-14-37-27/h1-20H. The van der Waals surface area contributed by atoms with E-state index in [2.05, 4.69) is 85.2 Å². The van der Waals surface area contributed by atoms with E-state index in [1.165, 1.54) is 25.6 Å². The van der Waals surface area contributed by atoms with E-state index in [1.807, 2.05) is 47.7 Å². The molecule has 0 radical (unpaired) electrons. The van der Waals surface area contributed by atoms with E-state index >= 15 is 0 Å². The van der Waals surface area contributed by atoms with Crippen LogP contribution >= 0.6 is 11.3 Å². The molecule has 0 aliphatic heterocycles. The van der Waals surface area contributed by atoms with Crippen molar-refractivity contribution in [3.8, 4) is 28.5 Å². The van der Waals surface area contributed by atoms with Crippen LogP contribution in [0.15, 0.2) is 122 Å². The molecule has 42 heavy (non-hydrogen) atoms. The quantitative estimate of drug-likeness (QED) is 0.218. The van der Waals surface area contributed by atoms with E-state index in [4.69, 9.17) is 4.98 Å². The van der Waals surface area contributed by atoms with Crippen LogP contribution in [0, 0.1) is 0 Å². The van der Waals surface area contributed by atoms with E-state index in [9.17, 15) is 0 Å². The number of hydrogen-bond acceptors (Lipinski definition) is 6. The van der Waals surface area contributed by atoms with Crippen molar-refractivity contribution in [1.29, 1.82) is 0 Å². The van der Waals surface area contributed by atoms with Crippen LogP contribution in [0.2, 0.25) is 0 Å². The van der Waals surface area contributed by atoms with Gasteiger partial charge in [0.2, 0.25) is 0 Å². The van der Waals surface area contributed by atoms with Gasteiger partial charge in [0.05, 0.1) is 55.2 Å². The maximum absolute atomic E-state index is 5.03. The van der Waals surface area contributed by atoms with Crippen LogP contribution in [0.1, 0.15) is 0 Å². The first-order valence-corrected chi connectivity index (χ1v) is 14.5. The van der Waals surface area contributed by atoms with Crippen molar-refractivity contribution in [2.75, 3.05) is 0 Å². The largest absolute Gasteiger partial charge is 0.308 e. The van der Waals surface area contributed by atoms with Crippen LogP contribution in [0.4, 0.5) is 0 Å². The second kappa shape index (κ2) is 8.99. The fourth-order valence-corrected chi connectivity index (χ4v) is 7.18. The molecular weight excluding hydrogens is 536 g/mol. The van der Waals surface area contributed by atoms with Crippen molar-refractivity contribution in [3.63, 3.8) is 0 Å². The zero-order valence-corrected chi connectivity index (χ0v) is 23.0. The smallest absolute Gasteiger partial charge is 0.0915 e. The Labute approximate surface area is 243 Å². The number of pyridine rings is 3. The summed E-state index contributed by atoms with van der Waals surface area (Å²) in [5, 5.41) is 4.82. The Kier molecular flexibility index (Phi) is 4.97. The molecule has 0 N–H and O–H groups in total. The van der Waals surface area contributed by atoms with Crippen molar-refractivity contribution in [1.82, 2.24) is 29.5 Å². The number of rotatable bonds is 3. The van der Waals surface area contributed by atoms with Gasteiger partial charge in [-0.1, -0.05) is 42.5 Å². The lowest BCUT2D eigenvalue weighted by molar-refractivity contribution is 1.15. The summed E-state index contributed by atoms with van der Waals surface area (Å²) in [5.41, 5.74) is 8.11. The summed E-state index contributed by atoms with van der Waals surface area (Å²) in [6.45, 7) is 0. The van der Waals surface area contributed by atoms with Gasteiger partial charge in [0.1, 0.15) is 0 Å². The van der Waals surface area contributed by atoms with Crippen LogP contribution in [0.25, 0.3) is 81.5 Å². The number of benzene rings is 3. The Morgan fingerprint density at radius 3 is 1.88 bits per heavy atom. The maximum Gasteiger partial charge on any atom is 0.0915 e. The highest BCUT2D eigenvalue weighted by Gasteiger charge is 2.20. The molecule has 6 aromatic heterocycles. The molecule has 6 heterocycles. The first-order chi connectivity index (χ1) is 20.8. The summed E-state index contributed by atoms with van der Waals surface area (Å²) in [6.07, 6.45) is 7.10. The fourth-order valence-electron chi connectivity index (χ4n) is 5.94. The van der Waals surface area contributed by atoms with Crippen molar-refractivity contribution in [3.05, 3.63) is 122 Å². The summed E-state index contributed by atoms with van der Waals surface area (Å²) >= 11 is 1.83. The molecule has 0 saturated carbocycles. The van der Waals surface area contributed by atoms with Gasteiger partial charge in [-0.2, -0.15) is 0 Å². The van der Waals surface area contributed by atoms with Gasteiger partial charge in [0.15, 0.2) is 0 Å². The van der Waals surface area contributed by atoms with Gasteiger partial charge in [-0.3, -0.25) is 19.9 Å². The first-order valence-electron chi connectivity index (χ1n) is 13.7. The number of aromatic nitrogens is 6. The van der Waals surface area contributed by atoms with Gasteiger partial charge < -0.3 is 4.57 Å². The molecule has 0 fully saturated rings. The molecule has 0 amide bonds. The Morgan fingerprint density at radius 1 is 0.500 bits per heavy atom. The predicted molar refractivity (Wildman–Crippen MR) is 171 cm³/mol. The minimum Gasteiger partial charge on any atom is -0.308 e. The minimum atomic E-state index is 0.785. The number of hydrogen-bond donors (Lipinski definition) is 0. The summed E-state index contributed by atoms with van der Waals surface area (Å²) in [4.78, 5) is 23.6. The fraction of sp³-hybridized carbons (Fsp3) is 0. The third-order valence-corrected chi connectivity index (χ3v) is 8.98. The molecule has 0 saturated heterocycles. The molecule has 0 spiro atoms. The molecule has 0 aliphatic carbocycles. The van der Waals surface area contributed by atoms with E-state index < -0.39 is 0 Å². The SMILES string of the molecule is c1ccc(-c2cc(-n3c4cc5nccnc5cc4c4ccc5c6ccccc6sc5c43)cc(-c3ccccn3)n2)nc1. The molecule has 6 nitrogen and oxygen atoms in total. The van der Waals surface area contributed by atoms with Crippen molar-refractivity contribution in [2.24, 2.45) is 0 Å². The zero-order chi connectivity index (χ0) is 27.6. The number of fused-ring (bicyclic) bond motifs is 8. The average Bonchev–Trinajstić information content (AvgIpc) is 3.60. The molecule has 196 valence electrons. The van der Waals surface area contributed by atoms with E-state index in [-0.39, 0.29) is 0 Å². The molecule has 9 rings (SSSR count). The summed E-state index contributed by atoms with van der Waals surface area (Å²) < 4.78 is 4.87. The highest BCUT2D eigenvalue weighted by atomic mass is 32.1. The Hall–Kier alpha value is -5.53. The lowest BCUT2D eigenvalue weighted by Gasteiger charge is -2.13. The normalized spacial score (nSPS) is 11.8. The van der Waals surface area contributed by atoms with E-state index in [0.717, 1.165) is 55.9 Å². The summed E-state index contributed by atoms with van der Waals surface area (Å²) in [7, 11) is 0. The lowest BCUT2D eigenvalue weighted by Crippen LogP contribution is -1.99. The van der Waals surface area contributed by atoms with Crippen molar-refractivity contribution < 1.29 is 0 Å². The second-order valence-corrected chi connectivity index (χ2v) is 11.3. The molecule has 0 atom stereocenters. The van der Waals surface area contributed by atoms with Gasteiger partial charge in [-0.25, -0.2) is 4.98 Å². The number of thiophene rings is 1. The zero-order valence-electron chi connectivity index (χ0n) is 22.1. The van der Waals surface area contributed by atoms with Crippen LogP contribution < -0.4 is 0 Å². The molecule has 7 heteroatoms. The Balaban J connectivity index is 1.47. The highest BCUT2D eigenvalue weighted by molar-refractivity contribution is 7.26. The summed E-state index contributed by atoms with van der Waals surface area (Å²) in [6, 6.07) is 33.5. The highest BCUT2D eigenvalue weighted by Crippen LogP contribution is 2.44. The van der Waals surface area contributed by atoms with Gasteiger partial charge in [0, 0.05) is 51.0 Å². The molecule has 0 bridgehead atoms. The monoisotopic (exact) mass is 556 g/mol. The van der Waals surface area contributed by atoms with E-state index in [0.29, 0.717) is 0 Å². The van der Waals surface area contributed by atoms with Crippen LogP contribution in [-0.4, -0.2) is 29.5 Å². The maximum atomic E-state index is 5.03. The van der Waals surface area contributed by atoms with Gasteiger partial charge in [-0.05, 0) is 54.6 Å². The molecule has 0 unspecified atom stereocenters. The van der Waals surface area contributed by atoms with Crippen LogP contribution in [0.3, 0.4) is 0 Å². The van der Waals surface area contributed by atoms with Crippen LogP contribution in [0.5, 0.6) is 0 Å². The van der Waals surface area contributed by atoms with E-state index in [1.54, 1.807) is 24.8 Å². The first kappa shape index (κ1) is 23.2. The van der Waals surface area contributed by atoms with Gasteiger partial charge in [0.25, 0.3) is 0 Å². The Bertz CT molecular complexity index is 2400. The molecule has 0 aliphatic rings. The minimum absolute atomic E-state index is 0.785. The average molecular weight is 557 g/mol. The third kappa shape index (κ3) is 3.47. The predicted octanol–water partition coefficient (Wildman–Crippen LogP) is 8.61. The number of nitrogens with zero attached hydrogens (tertiary/aromatic N) is 6. The van der Waals surface area contributed by atoms with Crippen molar-refractivity contribution in [2.45, 2.75) is 0 Å². The van der Waals surface area contributed by atoms with Gasteiger partial charge in [-0.15, -0.1) is 11.3 Å². The molecule has 3 aromatic carbocycles.